The summed E-state index contributed by atoms with van der Waals surface area (Å²) in [4.78, 5) is 16.7. The van der Waals surface area contributed by atoms with Crippen LogP contribution in [0.3, 0.4) is 0 Å². The van der Waals surface area contributed by atoms with Crippen LogP contribution in [0, 0.1) is 0 Å². The van der Waals surface area contributed by atoms with Crippen LogP contribution in [0.4, 0.5) is 10.8 Å². The van der Waals surface area contributed by atoms with Gasteiger partial charge in [-0.15, -0.1) is 11.3 Å². The van der Waals surface area contributed by atoms with Gasteiger partial charge in [-0.05, 0) is 42.8 Å². The van der Waals surface area contributed by atoms with Gasteiger partial charge < -0.3 is 19.5 Å². The molecule has 1 heterocycles. The summed E-state index contributed by atoms with van der Waals surface area (Å²) in [5.74, 6) is 1.44. The lowest BCUT2D eigenvalue weighted by Gasteiger charge is -2.10. The number of aromatic nitrogens is 1. The van der Waals surface area contributed by atoms with E-state index in [2.05, 4.69) is 15.0 Å². The first-order valence-electron chi connectivity index (χ1n) is 9.48. The average Bonchev–Trinajstić information content (AvgIpc) is 3.24. The number of sulfonamides is 1. The van der Waals surface area contributed by atoms with Gasteiger partial charge in [0.15, 0.2) is 16.6 Å². The summed E-state index contributed by atoms with van der Waals surface area (Å²) in [6.45, 7) is 0. The fourth-order valence-corrected chi connectivity index (χ4v) is 4.77. The van der Waals surface area contributed by atoms with Gasteiger partial charge in [-0.25, -0.2) is 13.4 Å². The Labute approximate surface area is 190 Å². The van der Waals surface area contributed by atoms with Gasteiger partial charge in [0.1, 0.15) is 5.75 Å². The molecule has 170 valence electrons. The second-order valence-corrected chi connectivity index (χ2v) is 9.08. The number of benzene rings is 2. The molecule has 3 rings (SSSR count). The van der Waals surface area contributed by atoms with Crippen molar-refractivity contribution >= 4 is 38.1 Å². The number of nitrogens with zero attached hydrogens (tertiary/aromatic N) is 1. The number of aryl methyl sites for hydroxylation is 1. The predicted molar refractivity (Wildman–Crippen MR) is 122 cm³/mol. The summed E-state index contributed by atoms with van der Waals surface area (Å²) >= 11 is 1.16. The standard InChI is InChI=1S/C21H23N3O6S2/c1-28-16-6-8-17(9-7-16)32(26,27)24-21-23-15(13-31-21)5-11-20(25)22-14-4-10-18(29-2)19(12-14)30-3/h4,6-10,12-13H,5,11H2,1-3H3,(H,22,25)(H,23,24). The monoisotopic (exact) mass is 477 g/mol. The number of carbonyl (C=O) groups excluding carboxylic acids is 1. The molecule has 2 N–H and O–H groups in total. The third kappa shape index (κ3) is 5.89. The molecule has 0 bridgehead atoms. The van der Waals surface area contributed by atoms with E-state index in [4.69, 9.17) is 14.2 Å². The van der Waals surface area contributed by atoms with Crippen LogP contribution in [0.5, 0.6) is 17.2 Å². The SMILES string of the molecule is COc1ccc(S(=O)(=O)Nc2nc(CCC(=O)Nc3ccc(OC)c(OC)c3)cs2)cc1. The van der Waals surface area contributed by atoms with Crippen molar-refractivity contribution in [3.63, 3.8) is 0 Å². The van der Waals surface area contributed by atoms with Crippen LogP contribution in [0.15, 0.2) is 52.7 Å². The van der Waals surface area contributed by atoms with E-state index in [9.17, 15) is 13.2 Å². The first kappa shape index (κ1) is 23.4. The van der Waals surface area contributed by atoms with Crippen molar-refractivity contribution in [3.8, 4) is 17.2 Å². The Morgan fingerprint density at radius 3 is 2.38 bits per heavy atom. The fourth-order valence-electron chi connectivity index (χ4n) is 2.78. The highest BCUT2D eigenvalue weighted by Gasteiger charge is 2.17. The third-order valence-electron chi connectivity index (χ3n) is 4.42. The van der Waals surface area contributed by atoms with E-state index in [1.807, 2.05) is 0 Å². The highest BCUT2D eigenvalue weighted by atomic mass is 32.2. The van der Waals surface area contributed by atoms with Gasteiger partial charge >= 0.3 is 0 Å². The van der Waals surface area contributed by atoms with Crippen LogP contribution >= 0.6 is 11.3 Å². The molecule has 11 heteroatoms. The van der Waals surface area contributed by atoms with Crippen molar-refractivity contribution in [3.05, 3.63) is 53.5 Å². The zero-order valence-corrected chi connectivity index (χ0v) is 19.4. The maximum absolute atomic E-state index is 12.5. The van der Waals surface area contributed by atoms with Gasteiger partial charge in [0.25, 0.3) is 10.0 Å². The first-order chi connectivity index (χ1) is 15.3. The van der Waals surface area contributed by atoms with Crippen molar-refractivity contribution in [1.29, 1.82) is 0 Å². The van der Waals surface area contributed by atoms with E-state index >= 15 is 0 Å². The maximum Gasteiger partial charge on any atom is 0.263 e. The minimum Gasteiger partial charge on any atom is -0.497 e. The minimum atomic E-state index is -3.77. The zero-order valence-electron chi connectivity index (χ0n) is 17.7. The number of methoxy groups -OCH3 is 3. The summed E-state index contributed by atoms with van der Waals surface area (Å²) in [5, 5.41) is 4.74. The smallest absolute Gasteiger partial charge is 0.263 e. The van der Waals surface area contributed by atoms with Crippen LogP contribution in [0.1, 0.15) is 12.1 Å². The molecular weight excluding hydrogens is 454 g/mol. The molecule has 0 saturated heterocycles. The minimum absolute atomic E-state index is 0.101. The Hall–Kier alpha value is -3.31. The van der Waals surface area contributed by atoms with Gasteiger partial charge in [0.2, 0.25) is 5.91 Å². The highest BCUT2D eigenvalue weighted by molar-refractivity contribution is 7.93. The van der Waals surface area contributed by atoms with E-state index in [1.165, 1.54) is 33.5 Å². The van der Waals surface area contributed by atoms with Crippen molar-refractivity contribution in [1.82, 2.24) is 4.98 Å². The molecule has 0 spiro atoms. The Bertz CT molecular complexity index is 1180. The Balaban J connectivity index is 1.56. The summed E-state index contributed by atoms with van der Waals surface area (Å²) < 4.78 is 42.9. The molecule has 0 radical (unpaired) electrons. The van der Waals surface area contributed by atoms with E-state index in [0.29, 0.717) is 35.1 Å². The Morgan fingerprint density at radius 1 is 1.00 bits per heavy atom. The molecule has 32 heavy (non-hydrogen) atoms. The molecule has 3 aromatic rings. The lowest BCUT2D eigenvalue weighted by Crippen LogP contribution is -2.13. The number of nitrogens with one attached hydrogen (secondary N) is 2. The van der Waals surface area contributed by atoms with E-state index < -0.39 is 10.0 Å². The van der Waals surface area contributed by atoms with Crippen molar-refractivity contribution < 1.29 is 27.4 Å². The number of ether oxygens (including phenoxy) is 3. The van der Waals surface area contributed by atoms with Gasteiger partial charge in [0, 0.05) is 23.6 Å². The lowest BCUT2D eigenvalue weighted by molar-refractivity contribution is -0.116. The first-order valence-corrected chi connectivity index (χ1v) is 11.8. The highest BCUT2D eigenvalue weighted by Crippen LogP contribution is 2.30. The number of thiazole rings is 1. The number of amides is 1. The molecule has 2 aromatic carbocycles. The van der Waals surface area contributed by atoms with Crippen LogP contribution < -0.4 is 24.2 Å². The molecular formula is C21H23N3O6S2. The van der Waals surface area contributed by atoms with E-state index in [1.54, 1.807) is 35.7 Å². The molecule has 0 aliphatic rings. The Morgan fingerprint density at radius 2 is 1.72 bits per heavy atom. The molecule has 0 saturated carbocycles. The Kier molecular flexibility index (Phi) is 7.54. The van der Waals surface area contributed by atoms with Crippen molar-refractivity contribution in [2.45, 2.75) is 17.7 Å². The lowest BCUT2D eigenvalue weighted by atomic mass is 10.2. The van der Waals surface area contributed by atoms with Crippen molar-refractivity contribution in [2.24, 2.45) is 0 Å². The topological polar surface area (TPSA) is 116 Å². The normalized spacial score (nSPS) is 11.0. The van der Waals surface area contributed by atoms with Crippen molar-refractivity contribution in [2.75, 3.05) is 31.4 Å². The number of carbonyl (C=O) groups is 1. The van der Waals surface area contributed by atoms with Crippen LogP contribution in [0.25, 0.3) is 0 Å². The number of rotatable bonds is 10. The van der Waals surface area contributed by atoms with Gasteiger partial charge in [-0.2, -0.15) is 0 Å². The summed E-state index contributed by atoms with van der Waals surface area (Å²) in [6.07, 6.45) is 0.544. The summed E-state index contributed by atoms with van der Waals surface area (Å²) in [6, 6.07) is 11.1. The zero-order chi connectivity index (χ0) is 23.1. The number of hydrogen-bond donors (Lipinski definition) is 2. The number of hydrogen-bond acceptors (Lipinski definition) is 8. The molecule has 1 aromatic heterocycles. The van der Waals surface area contributed by atoms with Crippen LogP contribution in [0.2, 0.25) is 0 Å². The fraction of sp³-hybridized carbons (Fsp3) is 0.238. The van der Waals surface area contributed by atoms with E-state index in [-0.39, 0.29) is 22.4 Å². The summed E-state index contributed by atoms with van der Waals surface area (Å²) in [7, 11) is 0.796. The molecule has 1 amide bonds. The van der Waals surface area contributed by atoms with E-state index in [0.717, 1.165) is 11.3 Å². The third-order valence-corrected chi connectivity index (χ3v) is 6.71. The van der Waals surface area contributed by atoms with Crippen LogP contribution in [-0.4, -0.2) is 40.6 Å². The molecule has 0 fully saturated rings. The molecule has 0 aliphatic carbocycles. The quantitative estimate of drug-likeness (QED) is 0.459. The molecule has 0 aliphatic heterocycles. The predicted octanol–water partition coefficient (Wildman–Crippen LogP) is 3.54. The number of anilines is 2. The van der Waals surface area contributed by atoms with Gasteiger partial charge in [0.05, 0.1) is 31.9 Å². The largest absolute Gasteiger partial charge is 0.497 e. The second-order valence-electron chi connectivity index (χ2n) is 6.54. The van der Waals surface area contributed by atoms with Gasteiger partial charge in [-0.1, -0.05) is 0 Å². The molecule has 0 atom stereocenters. The maximum atomic E-state index is 12.5. The molecule has 9 nitrogen and oxygen atoms in total. The average molecular weight is 478 g/mol. The van der Waals surface area contributed by atoms with Crippen LogP contribution in [-0.2, 0) is 21.2 Å². The molecule has 0 unspecified atom stereocenters. The second kappa shape index (κ2) is 10.3. The summed E-state index contributed by atoms with van der Waals surface area (Å²) in [5.41, 5.74) is 1.20. The van der Waals surface area contributed by atoms with Gasteiger partial charge in [-0.3, -0.25) is 9.52 Å².